The Morgan fingerprint density at radius 1 is 0.964 bits per heavy atom. The lowest BCUT2D eigenvalue weighted by atomic mass is 10.0. The van der Waals surface area contributed by atoms with Crippen molar-refractivity contribution in [3.05, 3.63) is 65.7 Å². The summed E-state index contributed by atoms with van der Waals surface area (Å²) in [4.78, 5) is 14.7. The van der Waals surface area contributed by atoms with Crippen LogP contribution in [-0.4, -0.2) is 49.4 Å². The normalized spacial score (nSPS) is 20.6. The standard InChI is InChI=1S/C22H25NO4S/c24-22(23(19-10-11-19)20-12-13-28(25,26)16-20)15-27-21-9-5-4-8-18(21)14-17-6-2-1-3-7-17/h1-9,19-20H,10-16H2. The lowest BCUT2D eigenvalue weighted by molar-refractivity contribution is -0.135. The second-order valence-electron chi connectivity index (χ2n) is 7.65. The van der Waals surface area contributed by atoms with E-state index in [0.717, 1.165) is 24.8 Å². The van der Waals surface area contributed by atoms with Gasteiger partial charge < -0.3 is 9.64 Å². The molecule has 148 valence electrons. The maximum atomic E-state index is 12.9. The minimum absolute atomic E-state index is 0.0567. The lowest BCUT2D eigenvalue weighted by Crippen LogP contribution is -2.45. The third-order valence-electron chi connectivity index (χ3n) is 5.39. The molecular weight excluding hydrogens is 374 g/mol. The van der Waals surface area contributed by atoms with Gasteiger partial charge in [-0.25, -0.2) is 8.42 Å². The van der Waals surface area contributed by atoms with Gasteiger partial charge in [-0.15, -0.1) is 0 Å². The zero-order valence-corrected chi connectivity index (χ0v) is 16.6. The van der Waals surface area contributed by atoms with Crippen molar-refractivity contribution >= 4 is 15.7 Å². The summed E-state index contributed by atoms with van der Waals surface area (Å²) < 4.78 is 29.6. The SMILES string of the molecule is O=C(COc1ccccc1Cc1ccccc1)N(C1CC1)C1CCS(=O)(=O)C1. The van der Waals surface area contributed by atoms with Gasteiger partial charge in [0.05, 0.1) is 11.5 Å². The van der Waals surface area contributed by atoms with Gasteiger partial charge in [0.25, 0.3) is 5.91 Å². The van der Waals surface area contributed by atoms with Crippen LogP contribution in [0.25, 0.3) is 0 Å². The van der Waals surface area contributed by atoms with Crippen LogP contribution in [0.1, 0.15) is 30.4 Å². The number of sulfone groups is 1. The molecule has 4 rings (SSSR count). The quantitative estimate of drug-likeness (QED) is 0.718. The average Bonchev–Trinajstić information content (AvgIpc) is 3.45. The molecule has 28 heavy (non-hydrogen) atoms. The second-order valence-corrected chi connectivity index (χ2v) is 9.88. The lowest BCUT2D eigenvalue weighted by Gasteiger charge is -2.28. The van der Waals surface area contributed by atoms with Crippen molar-refractivity contribution in [1.82, 2.24) is 4.90 Å². The number of hydrogen-bond donors (Lipinski definition) is 0. The van der Waals surface area contributed by atoms with Gasteiger partial charge in [-0.1, -0.05) is 48.5 Å². The van der Waals surface area contributed by atoms with Gasteiger partial charge in [0.15, 0.2) is 16.4 Å². The summed E-state index contributed by atoms with van der Waals surface area (Å²) in [5.74, 6) is 0.850. The number of para-hydroxylation sites is 1. The third-order valence-corrected chi connectivity index (χ3v) is 7.14. The van der Waals surface area contributed by atoms with Gasteiger partial charge in [-0.3, -0.25) is 4.79 Å². The molecule has 0 N–H and O–H groups in total. The molecule has 1 heterocycles. The monoisotopic (exact) mass is 399 g/mol. The van der Waals surface area contributed by atoms with E-state index in [-0.39, 0.29) is 36.1 Å². The highest BCUT2D eigenvalue weighted by atomic mass is 32.2. The molecule has 2 aromatic carbocycles. The summed E-state index contributed by atoms with van der Waals surface area (Å²) in [7, 11) is -3.02. The van der Waals surface area contributed by atoms with Gasteiger partial charge in [-0.2, -0.15) is 0 Å². The zero-order chi connectivity index (χ0) is 19.6. The average molecular weight is 400 g/mol. The van der Waals surface area contributed by atoms with E-state index in [0.29, 0.717) is 12.2 Å². The van der Waals surface area contributed by atoms with E-state index in [1.807, 2.05) is 42.5 Å². The fourth-order valence-electron chi connectivity index (χ4n) is 3.87. The van der Waals surface area contributed by atoms with Crippen molar-refractivity contribution in [3.8, 4) is 5.75 Å². The topological polar surface area (TPSA) is 63.7 Å². The molecule has 0 radical (unpaired) electrons. The molecule has 0 bridgehead atoms. The van der Waals surface area contributed by atoms with E-state index in [1.165, 1.54) is 5.56 Å². The molecule has 0 aromatic heterocycles. The van der Waals surface area contributed by atoms with Crippen LogP contribution in [0, 0.1) is 0 Å². The maximum Gasteiger partial charge on any atom is 0.261 e. The van der Waals surface area contributed by atoms with E-state index in [1.54, 1.807) is 4.90 Å². The van der Waals surface area contributed by atoms with E-state index in [2.05, 4.69) is 12.1 Å². The Balaban J connectivity index is 1.43. The highest BCUT2D eigenvalue weighted by Crippen LogP contribution is 2.32. The minimum Gasteiger partial charge on any atom is -0.483 e. The number of carbonyl (C=O) groups is 1. The number of rotatable bonds is 7. The molecule has 1 aliphatic heterocycles. The number of hydrogen-bond acceptors (Lipinski definition) is 4. The smallest absolute Gasteiger partial charge is 0.261 e. The van der Waals surface area contributed by atoms with Crippen LogP contribution in [0.5, 0.6) is 5.75 Å². The van der Waals surface area contributed by atoms with Crippen LogP contribution in [0.15, 0.2) is 54.6 Å². The first-order chi connectivity index (χ1) is 13.5. The van der Waals surface area contributed by atoms with Crippen molar-refractivity contribution in [2.24, 2.45) is 0 Å². The number of carbonyl (C=O) groups excluding carboxylic acids is 1. The first-order valence-electron chi connectivity index (χ1n) is 9.78. The van der Waals surface area contributed by atoms with Crippen molar-refractivity contribution in [1.29, 1.82) is 0 Å². The number of nitrogens with zero attached hydrogens (tertiary/aromatic N) is 1. The van der Waals surface area contributed by atoms with Crippen LogP contribution >= 0.6 is 0 Å². The molecule has 1 amide bonds. The van der Waals surface area contributed by atoms with Crippen LogP contribution in [-0.2, 0) is 21.1 Å². The minimum atomic E-state index is -3.02. The Kier molecular flexibility index (Phi) is 5.40. The van der Waals surface area contributed by atoms with Crippen molar-refractivity contribution in [3.63, 3.8) is 0 Å². The molecule has 1 atom stereocenters. The molecule has 0 spiro atoms. The number of benzene rings is 2. The number of amides is 1. The highest BCUT2D eigenvalue weighted by molar-refractivity contribution is 7.91. The van der Waals surface area contributed by atoms with Crippen molar-refractivity contribution < 1.29 is 17.9 Å². The van der Waals surface area contributed by atoms with Crippen molar-refractivity contribution in [2.75, 3.05) is 18.1 Å². The highest BCUT2D eigenvalue weighted by Gasteiger charge is 2.42. The van der Waals surface area contributed by atoms with E-state index in [9.17, 15) is 13.2 Å². The summed E-state index contributed by atoms with van der Waals surface area (Å²) >= 11 is 0. The predicted octanol–water partition coefficient (Wildman–Crippen LogP) is 2.83. The largest absolute Gasteiger partial charge is 0.483 e. The Labute approximate surface area is 166 Å². The van der Waals surface area contributed by atoms with Gasteiger partial charge in [-0.05, 0) is 36.5 Å². The van der Waals surface area contributed by atoms with Crippen molar-refractivity contribution in [2.45, 2.75) is 37.8 Å². The molecule has 2 aromatic rings. The van der Waals surface area contributed by atoms with Crippen LogP contribution in [0.4, 0.5) is 0 Å². The molecule has 2 fully saturated rings. The second kappa shape index (κ2) is 7.95. The third kappa shape index (κ3) is 4.55. The summed E-state index contributed by atoms with van der Waals surface area (Å²) in [6.07, 6.45) is 3.17. The van der Waals surface area contributed by atoms with E-state index < -0.39 is 9.84 Å². The van der Waals surface area contributed by atoms with Gasteiger partial charge in [0.1, 0.15) is 5.75 Å². The Morgan fingerprint density at radius 2 is 1.68 bits per heavy atom. The fourth-order valence-corrected chi connectivity index (χ4v) is 5.58. The molecule has 6 heteroatoms. The van der Waals surface area contributed by atoms with Crippen LogP contribution in [0.3, 0.4) is 0 Å². The number of ether oxygens (including phenoxy) is 1. The van der Waals surface area contributed by atoms with Crippen LogP contribution in [0.2, 0.25) is 0 Å². The maximum absolute atomic E-state index is 12.9. The summed E-state index contributed by atoms with van der Waals surface area (Å²) in [6.45, 7) is -0.0567. The Hall–Kier alpha value is -2.34. The first kappa shape index (κ1) is 19.0. The predicted molar refractivity (Wildman–Crippen MR) is 108 cm³/mol. The zero-order valence-electron chi connectivity index (χ0n) is 15.8. The molecule has 2 aliphatic rings. The summed E-state index contributed by atoms with van der Waals surface area (Å²) in [5, 5.41) is 0. The molecule has 1 unspecified atom stereocenters. The fraction of sp³-hybridized carbons (Fsp3) is 0.409. The molecular formula is C22H25NO4S. The van der Waals surface area contributed by atoms with Gasteiger partial charge in [0, 0.05) is 18.5 Å². The molecule has 1 aliphatic carbocycles. The Morgan fingerprint density at radius 3 is 2.36 bits per heavy atom. The molecule has 1 saturated carbocycles. The van der Waals surface area contributed by atoms with E-state index >= 15 is 0 Å². The van der Waals surface area contributed by atoms with Gasteiger partial charge in [0.2, 0.25) is 0 Å². The van der Waals surface area contributed by atoms with Gasteiger partial charge >= 0.3 is 0 Å². The first-order valence-corrected chi connectivity index (χ1v) is 11.6. The summed E-state index contributed by atoms with van der Waals surface area (Å²) in [5.41, 5.74) is 2.21. The summed E-state index contributed by atoms with van der Waals surface area (Å²) in [6, 6.07) is 17.9. The van der Waals surface area contributed by atoms with Crippen LogP contribution < -0.4 is 4.74 Å². The van der Waals surface area contributed by atoms with E-state index in [4.69, 9.17) is 4.74 Å². The Bertz CT molecular complexity index is 938. The molecule has 1 saturated heterocycles. The molecule has 5 nitrogen and oxygen atoms in total.